The molecule has 1 aromatic rings. The fraction of sp³-hybridized carbons (Fsp3) is 0.529. The zero-order valence-electron chi connectivity index (χ0n) is 13.2. The van der Waals surface area contributed by atoms with E-state index in [4.69, 9.17) is 0 Å². The van der Waals surface area contributed by atoms with Crippen molar-refractivity contribution in [1.82, 2.24) is 0 Å². The zero-order chi connectivity index (χ0) is 14.7. The summed E-state index contributed by atoms with van der Waals surface area (Å²) in [5, 5.41) is 10.7. The van der Waals surface area contributed by atoms with Gasteiger partial charge in [0.25, 0.3) is 0 Å². The molecule has 0 aromatic heterocycles. The predicted octanol–water partition coefficient (Wildman–Crippen LogP) is 4.58. The van der Waals surface area contributed by atoms with Gasteiger partial charge in [-0.05, 0) is 17.5 Å². The minimum absolute atomic E-state index is 0.149. The summed E-state index contributed by atoms with van der Waals surface area (Å²) in [7, 11) is -1.89. The third-order valence-corrected chi connectivity index (χ3v) is 11.0. The fourth-order valence-electron chi connectivity index (χ4n) is 2.32. The van der Waals surface area contributed by atoms with Crippen LogP contribution in [0, 0.1) is 0 Å². The van der Waals surface area contributed by atoms with Crippen molar-refractivity contribution in [3.8, 4) is 0 Å². The van der Waals surface area contributed by atoms with Gasteiger partial charge in [-0.3, -0.25) is 0 Å². The van der Waals surface area contributed by atoms with Gasteiger partial charge in [0, 0.05) is 6.42 Å². The Morgan fingerprint density at radius 2 is 1.63 bits per heavy atom. The molecule has 106 valence electrons. The van der Waals surface area contributed by atoms with Crippen LogP contribution < -0.4 is 0 Å². The summed E-state index contributed by atoms with van der Waals surface area (Å²) < 4.78 is 0. The largest absolute Gasteiger partial charge is 0.389 e. The molecule has 1 atom stereocenters. The zero-order valence-corrected chi connectivity index (χ0v) is 14.2. The first kappa shape index (κ1) is 16.2. The SMILES string of the molecule is C/C=C/[C@@](O)(Cc1ccccc1)[Si](C)(C)C(C)(C)C. The van der Waals surface area contributed by atoms with Crippen LogP contribution in [0.4, 0.5) is 0 Å². The lowest BCUT2D eigenvalue weighted by molar-refractivity contribution is 0.160. The topological polar surface area (TPSA) is 20.2 Å². The van der Waals surface area contributed by atoms with Gasteiger partial charge in [0.1, 0.15) is 0 Å². The third-order valence-electron chi connectivity index (χ3n) is 4.72. The molecule has 1 N–H and O–H groups in total. The van der Waals surface area contributed by atoms with E-state index in [1.807, 2.05) is 37.3 Å². The molecule has 0 bridgehead atoms. The van der Waals surface area contributed by atoms with Crippen LogP contribution in [0.15, 0.2) is 42.5 Å². The van der Waals surface area contributed by atoms with Gasteiger partial charge in [-0.25, -0.2) is 0 Å². The lowest BCUT2D eigenvalue weighted by atomic mass is 10.1. The van der Waals surface area contributed by atoms with E-state index in [0.717, 1.165) is 0 Å². The number of allylic oxidation sites excluding steroid dienone is 1. The highest BCUT2D eigenvalue weighted by Gasteiger charge is 2.50. The molecule has 0 unspecified atom stereocenters. The van der Waals surface area contributed by atoms with E-state index in [0.29, 0.717) is 6.42 Å². The second-order valence-electron chi connectivity index (χ2n) is 6.96. The number of aliphatic hydroxyl groups is 1. The fourth-order valence-corrected chi connectivity index (χ4v) is 4.85. The van der Waals surface area contributed by atoms with Crippen LogP contribution in [0.3, 0.4) is 0 Å². The molecular weight excluding hydrogens is 248 g/mol. The van der Waals surface area contributed by atoms with Gasteiger partial charge in [-0.15, -0.1) is 0 Å². The average molecular weight is 276 g/mol. The van der Waals surface area contributed by atoms with E-state index >= 15 is 0 Å². The maximum atomic E-state index is 11.3. The molecule has 0 aliphatic carbocycles. The normalized spacial score (nSPS) is 16.6. The summed E-state index contributed by atoms with van der Waals surface area (Å²) in [5.74, 6) is 0. The lowest BCUT2D eigenvalue weighted by Gasteiger charge is -2.48. The Morgan fingerprint density at radius 3 is 2.05 bits per heavy atom. The first-order valence-electron chi connectivity index (χ1n) is 7.04. The molecule has 0 aliphatic heterocycles. The molecule has 0 spiro atoms. The van der Waals surface area contributed by atoms with E-state index in [1.54, 1.807) is 0 Å². The van der Waals surface area contributed by atoms with Gasteiger partial charge >= 0.3 is 0 Å². The van der Waals surface area contributed by atoms with Crippen molar-refractivity contribution in [2.45, 2.75) is 57.5 Å². The molecule has 0 aliphatic rings. The van der Waals surface area contributed by atoms with Crippen molar-refractivity contribution in [2.24, 2.45) is 0 Å². The monoisotopic (exact) mass is 276 g/mol. The molecule has 0 saturated carbocycles. The van der Waals surface area contributed by atoms with Crippen LogP contribution in [0.5, 0.6) is 0 Å². The summed E-state index contributed by atoms with van der Waals surface area (Å²) in [6.45, 7) is 13.3. The third kappa shape index (κ3) is 3.37. The van der Waals surface area contributed by atoms with Gasteiger partial charge in [0.2, 0.25) is 0 Å². The Kier molecular flexibility index (Phi) is 4.80. The Balaban J connectivity index is 3.18. The smallest absolute Gasteiger partial charge is 0.0957 e. The number of rotatable bonds is 4. The van der Waals surface area contributed by atoms with Gasteiger partial charge in [-0.2, -0.15) is 0 Å². The molecule has 0 radical (unpaired) electrons. The quantitative estimate of drug-likeness (QED) is 0.630. The molecule has 1 nitrogen and oxygen atoms in total. The minimum atomic E-state index is -1.89. The summed E-state index contributed by atoms with van der Waals surface area (Å²) in [6.07, 6.45) is 4.70. The first-order chi connectivity index (χ1) is 8.64. The lowest BCUT2D eigenvalue weighted by Crippen LogP contribution is -2.59. The van der Waals surface area contributed by atoms with Crippen LogP contribution in [0.2, 0.25) is 18.1 Å². The van der Waals surface area contributed by atoms with Crippen molar-refractivity contribution in [3.05, 3.63) is 48.0 Å². The van der Waals surface area contributed by atoms with E-state index in [-0.39, 0.29) is 5.04 Å². The van der Waals surface area contributed by atoms with Crippen LogP contribution in [0.25, 0.3) is 0 Å². The van der Waals surface area contributed by atoms with Gasteiger partial charge in [-0.1, -0.05) is 76.3 Å². The molecule has 0 heterocycles. The minimum Gasteiger partial charge on any atom is -0.389 e. The van der Waals surface area contributed by atoms with Crippen LogP contribution in [-0.4, -0.2) is 18.4 Å². The Bertz CT molecular complexity index is 428. The maximum absolute atomic E-state index is 11.3. The molecular formula is C17H28OSi. The molecule has 2 heteroatoms. The van der Waals surface area contributed by atoms with E-state index in [1.165, 1.54) is 5.56 Å². The standard InChI is InChI=1S/C17H28OSi/c1-7-13-17(18,19(5,6)16(2,3)4)14-15-11-9-8-10-12-15/h7-13,18H,14H2,1-6H3/b13-7+/t17-/m0/s1. The van der Waals surface area contributed by atoms with Gasteiger partial charge < -0.3 is 5.11 Å². The van der Waals surface area contributed by atoms with E-state index in [9.17, 15) is 5.11 Å². The van der Waals surface area contributed by atoms with Crippen LogP contribution >= 0.6 is 0 Å². The summed E-state index contributed by atoms with van der Waals surface area (Å²) in [6, 6.07) is 10.3. The molecule has 19 heavy (non-hydrogen) atoms. The highest BCUT2D eigenvalue weighted by Crippen LogP contribution is 2.44. The average Bonchev–Trinajstić information content (AvgIpc) is 2.28. The maximum Gasteiger partial charge on any atom is 0.0957 e. The van der Waals surface area contributed by atoms with Crippen molar-refractivity contribution in [1.29, 1.82) is 0 Å². The Morgan fingerprint density at radius 1 is 1.11 bits per heavy atom. The van der Waals surface area contributed by atoms with E-state index in [2.05, 4.69) is 46.0 Å². The van der Waals surface area contributed by atoms with Crippen molar-refractivity contribution >= 4 is 8.07 Å². The van der Waals surface area contributed by atoms with E-state index < -0.39 is 13.3 Å². The van der Waals surface area contributed by atoms with Crippen molar-refractivity contribution in [3.63, 3.8) is 0 Å². The number of hydrogen-bond donors (Lipinski definition) is 1. The molecule has 0 fully saturated rings. The molecule has 1 rings (SSSR count). The Hall–Kier alpha value is -0.863. The summed E-state index contributed by atoms with van der Waals surface area (Å²) in [4.78, 5) is 0. The molecule has 1 aromatic carbocycles. The second kappa shape index (κ2) is 5.64. The number of hydrogen-bond acceptors (Lipinski definition) is 1. The highest BCUT2D eigenvalue weighted by atomic mass is 28.3. The predicted molar refractivity (Wildman–Crippen MR) is 87.1 cm³/mol. The van der Waals surface area contributed by atoms with Crippen molar-refractivity contribution < 1.29 is 5.11 Å². The van der Waals surface area contributed by atoms with Crippen molar-refractivity contribution in [2.75, 3.05) is 0 Å². The van der Waals surface area contributed by atoms with Crippen LogP contribution in [0.1, 0.15) is 33.3 Å². The summed E-state index contributed by atoms with van der Waals surface area (Å²) >= 11 is 0. The highest BCUT2D eigenvalue weighted by molar-refractivity contribution is 6.83. The second-order valence-corrected chi connectivity index (χ2v) is 12.6. The first-order valence-corrected chi connectivity index (χ1v) is 10.0. The van der Waals surface area contributed by atoms with Crippen LogP contribution in [-0.2, 0) is 6.42 Å². The Labute approximate surface area is 119 Å². The van der Waals surface area contributed by atoms with Gasteiger partial charge in [0.15, 0.2) is 0 Å². The van der Waals surface area contributed by atoms with Gasteiger partial charge in [0.05, 0.1) is 13.3 Å². The summed E-state index contributed by atoms with van der Waals surface area (Å²) in [5.41, 5.74) is 1.20. The molecule has 0 amide bonds. The number of benzene rings is 1. The molecule has 0 saturated heterocycles.